The highest BCUT2D eigenvalue weighted by atomic mass is 32.2. The van der Waals surface area contributed by atoms with Crippen molar-refractivity contribution in [2.75, 3.05) is 30.5 Å². The normalized spacial score (nSPS) is 14.3. The fourth-order valence-corrected chi connectivity index (χ4v) is 4.39. The maximum Gasteiger partial charge on any atom is 0.242 e. The van der Waals surface area contributed by atoms with Gasteiger partial charge in [-0.3, -0.25) is 4.79 Å². The lowest BCUT2D eigenvalue weighted by Gasteiger charge is -2.21. The van der Waals surface area contributed by atoms with Crippen molar-refractivity contribution in [1.29, 1.82) is 0 Å². The van der Waals surface area contributed by atoms with E-state index >= 15 is 0 Å². The second-order valence-corrected chi connectivity index (χ2v) is 8.82. The van der Waals surface area contributed by atoms with E-state index < -0.39 is 22.0 Å². The highest BCUT2D eigenvalue weighted by Gasteiger charge is 2.27. The van der Waals surface area contributed by atoms with Gasteiger partial charge in [0.25, 0.3) is 0 Å². The molecule has 2 aromatic rings. The molecule has 0 aliphatic carbocycles. The molecule has 1 aliphatic rings. The first kappa shape index (κ1) is 20.5. The molecule has 0 spiro atoms. The van der Waals surface area contributed by atoms with E-state index in [1.54, 1.807) is 42.1 Å². The van der Waals surface area contributed by atoms with Gasteiger partial charge >= 0.3 is 0 Å². The van der Waals surface area contributed by atoms with Crippen LogP contribution in [0.25, 0.3) is 0 Å². The molecule has 1 aliphatic heterocycles. The minimum atomic E-state index is -3.92. The average molecular weight is 423 g/mol. The molecule has 0 unspecified atom stereocenters. The van der Waals surface area contributed by atoms with Crippen LogP contribution in [-0.2, 0) is 14.8 Å². The lowest BCUT2D eigenvalue weighted by molar-refractivity contribution is -0.117. The molecule has 0 bridgehead atoms. The molecule has 0 radical (unpaired) electrons. The number of sulfonamides is 1. The zero-order valence-electron chi connectivity index (χ0n) is 15.4. The smallest absolute Gasteiger partial charge is 0.242 e. The number of nitrogens with one attached hydrogen (secondary N) is 2. The summed E-state index contributed by atoms with van der Waals surface area (Å²) in [6.07, 6.45) is 2.27. The molecule has 1 atom stereocenters. The van der Waals surface area contributed by atoms with E-state index in [4.69, 9.17) is 9.47 Å². The van der Waals surface area contributed by atoms with E-state index in [1.807, 2.05) is 12.3 Å². The number of anilines is 1. The Balaban J connectivity index is 1.78. The molecule has 2 N–H and O–H groups in total. The molecule has 0 saturated carbocycles. The number of hydrogen-bond acceptors (Lipinski definition) is 6. The fourth-order valence-electron chi connectivity index (χ4n) is 2.68. The van der Waals surface area contributed by atoms with Crippen LogP contribution in [0.1, 0.15) is 6.42 Å². The number of fused-ring (bicyclic) bond motifs is 1. The number of thioether (sulfide) groups is 1. The van der Waals surface area contributed by atoms with E-state index in [9.17, 15) is 13.2 Å². The summed E-state index contributed by atoms with van der Waals surface area (Å²) in [5, 5.41) is 2.76. The van der Waals surface area contributed by atoms with Crippen LogP contribution < -0.4 is 19.5 Å². The summed E-state index contributed by atoms with van der Waals surface area (Å²) in [6.45, 7) is 0.785. The Hall–Kier alpha value is -2.23. The quantitative estimate of drug-likeness (QED) is 0.679. The van der Waals surface area contributed by atoms with Gasteiger partial charge in [0.1, 0.15) is 19.3 Å². The van der Waals surface area contributed by atoms with E-state index in [1.165, 1.54) is 12.1 Å². The molecule has 150 valence electrons. The van der Waals surface area contributed by atoms with Gasteiger partial charge in [0.2, 0.25) is 15.9 Å². The lowest BCUT2D eigenvalue weighted by Crippen LogP contribution is -2.44. The number of amides is 1. The van der Waals surface area contributed by atoms with Crippen molar-refractivity contribution in [3.8, 4) is 11.5 Å². The number of para-hydroxylation sites is 1. The number of carbonyl (C=O) groups excluding carboxylic acids is 1. The molecular formula is C19H22N2O5S2. The van der Waals surface area contributed by atoms with Crippen LogP contribution in [0.5, 0.6) is 11.5 Å². The maximum absolute atomic E-state index is 12.9. The van der Waals surface area contributed by atoms with Crippen LogP contribution >= 0.6 is 11.8 Å². The van der Waals surface area contributed by atoms with Crippen molar-refractivity contribution in [2.45, 2.75) is 17.4 Å². The Morgan fingerprint density at radius 2 is 1.82 bits per heavy atom. The van der Waals surface area contributed by atoms with Crippen LogP contribution in [0.2, 0.25) is 0 Å². The minimum absolute atomic E-state index is 0.0263. The van der Waals surface area contributed by atoms with Crippen LogP contribution in [0.15, 0.2) is 53.4 Å². The number of rotatable bonds is 8. The van der Waals surface area contributed by atoms with Gasteiger partial charge in [-0.05, 0) is 42.7 Å². The van der Waals surface area contributed by atoms with Gasteiger partial charge in [0, 0.05) is 11.8 Å². The van der Waals surface area contributed by atoms with Crippen molar-refractivity contribution in [1.82, 2.24) is 4.72 Å². The molecule has 1 heterocycles. The molecule has 28 heavy (non-hydrogen) atoms. The van der Waals surface area contributed by atoms with Crippen LogP contribution in [0.3, 0.4) is 0 Å². The maximum atomic E-state index is 12.9. The van der Waals surface area contributed by atoms with Crippen LogP contribution in [0.4, 0.5) is 5.69 Å². The lowest BCUT2D eigenvalue weighted by atomic mass is 10.2. The Morgan fingerprint density at radius 1 is 1.11 bits per heavy atom. The van der Waals surface area contributed by atoms with Gasteiger partial charge in [-0.1, -0.05) is 18.2 Å². The molecule has 0 saturated heterocycles. The third-order valence-corrected chi connectivity index (χ3v) is 6.20. The molecule has 9 heteroatoms. The Bertz CT molecular complexity index is 919. The van der Waals surface area contributed by atoms with Crippen molar-refractivity contribution >= 4 is 33.4 Å². The van der Waals surface area contributed by atoms with Crippen LogP contribution in [0, 0.1) is 0 Å². The number of carbonyl (C=O) groups is 1. The van der Waals surface area contributed by atoms with Gasteiger partial charge in [0.05, 0.1) is 4.90 Å². The first-order chi connectivity index (χ1) is 13.5. The highest BCUT2D eigenvalue weighted by Crippen LogP contribution is 2.32. The van der Waals surface area contributed by atoms with Gasteiger partial charge in [-0.25, -0.2) is 8.42 Å². The zero-order chi connectivity index (χ0) is 20.0. The average Bonchev–Trinajstić information content (AvgIpc) is 2.71. The predicted molar refractivity (Wildman–Crippen MR) is 110 cm³/mol. The summed E-state index contributed by atoms with van der Waals surface area (Å²) in [4.78, 5) is 12.7. The van der Waals surface area contributed by atoms with E-state index in [2.05, 4.69) is 10.0 Å². The Kier molecular flexibility index (Phi) is 6.82. The third kappa shape index (κ3) is 5.18. The standard InChI is InChI=1S/C19H22N2O5S2/c1-27-12-9-16(19(22)20-14-5-3-2-4-6-14)21-28(23,24)15-7-8-17-18(13-15)26-11-10-25-17/h2-8,13,16,21H,9-12H2,1H3,(H,20,22)/t16-/m1/s1. The van der Waals surface area contributed by atoms with Crippen molar-refractivity contribution in [3.05, 3.63) is 48.5 Å². The van der Waals surface area contributed by atoms with E-state index in [0.29, 0.717) is 42.6 Å². The minimum Gasteiger partial charge on any atom is -0.486 e. The van der Waals surface area contributed by atoms with E-state index in [-0.39, 0.29) is 4.90 Å². The second-order valence-electron chi connectivity index (χ2n) is 6.12. The molecule has 0 aromatic heterocycles. The highest BCUT2D eigenvalue weighted by molar-refractivity contribution is 7.98. The number of hydrogen-bond donors (Lipinski definition) is 2. The Labute approximate surface area is 168 Å². The van der Waals surface area contributed by atoms with Crippen LogP contribution in [-0.4, -0.2) is 45.6 Å². The Morgan fingerprint density at radius 3 is 2.54 bits per heavy atom. The summed E-state index contributed by atoms with van der Waals surface area (Å²) in [7, 11) is -3.92. The SMILES string of the molecule is CSCC[C@@H](NS(=O)(=O)c1ccc2c(c1)OCCO2)C(=O)Nc1ccccc1. The summed E-state index contributed by atoms with van der Waals surface area (Å²) >= 11 is 1.54. The summed E-state index contributed by atoms with van der Waals surface area (Å²) in [5.74, 6) is 1.12. The summed E-state index contributed by atoms with van der Waals surface area (Å²) < 4.78 is 39.1. The van der Waals surface area contributed by atoms with E-state index in [0.717, 1.165) is 0 Å². The third-order valence-electron chi connectivity index (χ3n) is 4.09. The molecule has 0 fully saturated rings. The topological polar surface area (TPSA) is 93.7 Å². The van der Waals surface area contributed by atoms with Gasteiger partial charge < -0.3 is 14.8 Å². The summed E-state index contributed by atoms with van der Waals surface area (Å²) in [6, 6.07) is 12.4. The fraction of sp³-hybridized carbons (Fsp3) is 0.316. The van der Waals surface area contributed by atoms with Gasteiger partial charge in [-0.15, -0.1) is 0 Å². The predicted octanol–water partition coefficient (Wildman–Crippen LogP) is 2.50. The first-order valence-corrected chi connectivity index (χ1v) is 11.6. The largest absolute Gasteiger partial charge is 0.486 e. The van der Waals surface area contributed by atoms with Crippen molar-refractivity contribution in [3.63, 3.8) is 0 Å². The molecule has 7 nitrogen and oxygen atoms in total. The van der Waals surface area contributed by atoms with Crippen molar-refractivity contribution < 1.29 is 22.7 Å². The molecular weight excluding hydrogens is 400 g/mol. The molecule has 3 rings (SSSR count). The first-order valence-electron chi connectivity index (χ1n) is 8.76. The second kappa shape index (κ2) is 9.31. The number of benzene rings is 2. The molecule has 1 amide bonds. The van der Waals surface area contributed by atoms with Gasteiger partial charge in [-0.2, -0.15) is 16.5 Å². The zero-order valence-corrected chi connectivity index (χ0v) is 17.0. The summed E-state index contributed by atoms with van der Waals surface area (Å²) in [5.41, 5.74) is 0.611. The molecule has 2 aromatic carbocycles. The number of ether oxygens (including phenoxy) is 2. The monoisotopic (exact) mass is 422 g/mol. The van der Waals surface area contributed by atoms with Gasteiger partial charge in [0.15, 0.2) is 11.5 Å². The van der Waals surface area contributed by atoms with Crippen molar-refractivity contribution in [2.24, 2.45) is 0 Å².